The van der Waals surface area contributed by atoms with Gasteiger partial charge in [-0.25, -0.2) is 4.98 Å². The number of hydrogen-bond acceptors (Lipinski definition) is 5. The Morgan fingerprint density at radius 1 is 1.21 bits per heavy atom. The number of piperazine rings is 1. The fourth-order valence-electron chi connectivity index (χ4n) is 3.61. The average molecular weight is 327 g/mol. The first-order valence-corrected chi connectivity index (χ1v) is 8.81. The molecule has 0 radical (unpaired) electrons. The summed E-state index contributed by atoms with van der Waals surface area (Å²) in [6, 6.07) is 8.27. The molecule has 0 aromatic carbocycles. The third-order valence-corrected chi connectivity index (χ3v) is 5.01. The van der Waals surface area contributed by atoms with Gasteiger partial charge < -0.3 is 10.2 Å². The smallest absolute Gasteiger partial charge is 0.235 e. The summed E-state index contributed by atoms with van der Waals surface area (Å²) in [5, 5.41) is 12.5. The van der Waals surface area contributed by atoms with Gasteiger partial charge in [-0.15, -0.1) is 0 Å². The standard InChI is InChI=1S/C18H25N5O/c19-15-18(7-3-1-4-8-18)21-17(24)14-22-10-12-23(13-11-22)16-6-2-5-9-20-16/h2,5-6,9H,1,3-4,7-8,10-14H2,(H,21,24). The van der Waals surface area contributed by atoms with Crippen molar-refractivity contribution in [2.75, 3.05) is 37.6 Å². The number of rotatable bonds is 4. The summed E-state index contributed by atoms with van der Waals surface area (Å²) in [6.07, 6.45) is 6.58. The second-order valence-corrected chi connectivity index (χ2v) is 6.75. The number of hydrogen-bond donors (Lipinski definition) is 1. The van der Waals surface area contributed by atoms with Crippen molar-refractivity contribution >= 4 is 11.7 Å². The van der Waals surface area contributed by atoms with E-state index in [1.54, 1.807) is 6.20 Å². The Kier molecular flexibility index (Phi) is 5.31. The Hall–Kier alpha value is -2.13. The van der Waals surface area contributed by atoms with Crippen molar-refractivity contribution in [3.8, 4) is 6.07 Å². The maximum Gasteiger partial charge on any atom is 0.235 e. The predicted molar refractivity (Wildman–Crippen MR) is 92.5 cm³/mol. The molecule has 1 saturated heterocycles. The zero-order valence-electron chi connectivity index (χ0n) is 14.1. The topological polar surface area (TPSA) is 72.3 Å². The quantitative estimate of drug-likeness (QED) is 0.908. The van der Waals surface area contributed by atoms with Gasteiger partial charge in [0.15, 0.2) is 0 Å². The second-order valence-electron chi connectivity index (χ2n) is 6.75. The van der Waals surface area contributed by atoms with E-state index in [1.165, 1.54) is 0 Å². The van der Waals surface area contributed by atoms with Crippen LogP contribution in [0.5, 0.6) is 0 Å². The lowest BCUT2D eigenvalue weighted by atomic mass is 9.83. The van der Waals surface area contributed by atoms with Gasteiger partial charge in [-0.1, -0.05) is 25.3 Å². The first kappa shape index (κ1) is 16.7. The fourth-order valence-corrected chi connectivity index (χ4v) is 3.61. The maximum absolute atomic E-state index is 12.4. The lowest BCUT2D eigenvalue weighted by Gasteiger charge is -2.36. The lowest BCUT2D eigenvalue weighted by Crippen LogP contribution is -2.54. The molecular formula is C18H25N5O. The molecule has 6 heteroatoms. The number of amides is 1. The molecule has 3 rings (SSSR count). The van der Waals surface area contributed by atoms with Crippen LogP contribution in [0.15, 0.2) is 24.4 Å². The van der Waals surface area contributed by atoms with E-state index in [2.05, 4.69) is 26.2 Å². The first-order valence-electron chi connectivity index (χ1n) is 8.81. The van der Waals surface area contributed by atoms with Crippen molar-refractivity contribution in [1.29, 1.82) is 5.26 Å². The molecule has 1 aliphatic carbocycles. The number of nitrogens with one attached hydrogen (secondary N) is 1. The van der Waals surface area contributed by atoms with Crippen LogP contribution in [0.4, 0.5) is 5.82 Å². The van der Waals surface area contributed by atoms with E-state index in [9.17, 15) is 10.1 Å². The Bertz CT molecular complexity index is 583. The van der Waals surface area contributed by atoms with E-state index in [0.29, 0.717) is 6.54 Å². The van der Waals surface area contributed by atoms with Crippen molar-refractivity contribution in [1.82, 2.24) is 15.2 Å². The maximum atomic E-state index is 12.4. The van der Waals surface area contributed by atoms with Crippen LogP contribution in [0, 0.1) is 11.3 Å². The number of carbonyl (C=O) groups excluding carboxylic acids is 1. The molecule has 1 aromatic heterocycles. The normalized spacial score (nSPS) is 21.0. The molecule has 2 aliphatic rings. The Labute approximate surface area is 143 Å². The molecule has 2 fully saturated rings. The van der Waals surface area contributed by atoms with Crippen LogP contribution >= 0.6 is 0 Å². The summed E-state index contributed by atoms with van der Waals surface area (Å²) in [7, 11) is 0. The third-order valence-electron chi connectivity index (χ3n) is 5.01. The van der Waals surface area contributed by atoms with E-state index >= 15 is 0 Å². The lowest BCUT2D eigenvalue weighted by molar-refractivity contribution is -0.124. The van der Waals surface area contributed by atoms with Crippen molar-refractivity contribution in [2.45, 2.75) is 37.6 Å². The minimum Gasteiger partial charge on any atom is -0.354 e. The summed E-state index contributed by atoms with van der Waals surface area (Å²) < 4.78 is 0. The molecule has 0 unspecified atom stereocenters. The molecular weight excluding hydrogens is 302 g/mol. The van der Waals surface area contributed by atoms with Gasteiger partial charge in [0.2, 0.25) is 5.91 Å². The van der Waals surface area contributed by atoms with Crippen molar-refractivity contribution in [3.05, 3.63) is 24.4 Å². The molecule has 1 amide bonds. The monoisotopic (exact) mass is 327 g/mol. The Morgan fingerprint density at radius 2 is 1.96 bits per heavy atom. The number of carbonyl (C=O) groups is 1. The first-order chi connectivity index (χ1) is 11.7. The van der Waals surface area contributed by atoms with E-state index in [4.69, 9.17) is 0 Å². The number of pyridine rings is 1. The molecule has 1 N–H and O–H groups in total. The summed E-state index contributed by atoms with van der Waals surface area (Å²) in [6.45, 7) is 3.79. The summed E-state index contributed by atoms with van der Waals surface area (Å²) in [5.74, 6) is 0.969. The largest absolute Gasteiger partial charge is 0.354 e. The highest BCUT2D eigenvalue weighted by Gasteiger charge is 2.34. The van der Waals surface area contributed by atoms with E-state index < -0.39 is 5.54 Å². The van der Waals surface area contributed by atoms with Crippen LogP contribution in [0.1, 0.15) is 32.1 Å². The minimum absolute atomic E-state index is 0.0234. The molecule has 2 heterocycles. The zero-order chi connectivity index (χ0) is 16.8. The predicted octanol–water partition coefficient (Wildman–Crippen LogP) is 1.55. The summed E-state index contributed by atoms with van der Waals surface area (Å²) >= 11 is 0. The van der Waals surface area contributed by atoms with E-state index in [0.717, 1.165) is 64.1 Å². The van der Waals surface area contributed by atoms with Crippen LogP contribution in [0.3, 0.4) is 0 Å². The molecule has 24 heavy (non-hydrogen) atoms. The Balaban J connectivity index is 1.47. The van der Waals surface area contributed by atoms with Gasteiger partial charge in [-0.3, -0.25) is 9.69 Å². The second kappa shape index (κ2) is 7.63. The number of aromatic nitrogens is 1. The fraction of sp³-hybridized carbons (Fsp3) is 0.611. The Morgan fingerprint density at radius 3 is 2.58 bits per heavy atom. The third kappa shape index (κ3) is 4.04. The van der Waals surface area contributed by atoms with Gasteiger partial charge in [-0.05, 0) is 25.0 Å². The van der Waals surface area contributed by atoms with E-state index in [-0.39, 0.29) is 5.91 Å². The van der Waals surface area contributed by atoms with Gasteiger partial charge in [0.05, 0.1) is 12.6 Å². The van der Waals surface area contributed by atoms with Crippen molar-refractivity contribution in [2.24, 2.45) is 0 Å². The van der Waals surface area contributed by atoms with Gasteiger partial charge in [-0.2, -0.15) is 5.26 Å². The summed E-state index contributed by atoms with van der Waals surface area (Å²) in [4.78, 5) is 21.1. The molecule has 128 valence electrons. The number of nitrogens with zero attached hydrogens (tertiary/aromatic N) is 4. The molecule has 0 bridgehead atoms. The highest BCUT2D eigenvalue weighted by molar-refractivity contribution is 5.79. The van der Waals surface area contributed by atoms with Gasteiger partial charge in [0.25, 0.3) is 0 Å². The van der Waals surface area contributed by atoms with Gasteiger partial charge in [0, 0.05) is 32.4 Å². The molecule has 1 aliphatic heterocycles. The molecule has 6 nitrogen and oxygen atoms in total. The van der Waals surface area contributed by atoms with Crippen LogP contribution < -0.4 is 10.2 Å². The summed E-state index contributed by atoms with van der Waals surface area (Å²) in [5.41, 5.74) is -0.634. The minimum atomic E-state index is -0.634. The van der Waals surface area contributed by atoms with Gasteiger partial charge >= 0.3 is 0 Å². The van der Waals surface area contributed by atoms with E-state index in [1.807, 2.05) is 18.2 Å². The van der Waals surface area contributed by atoms with Crippen LogP contribution in [-0.2, 0) is 4.79 Å². The molecule has 0 atom stereocenters. The number of anilines is 1. The molecule has 1 saturated carbocycles. The van der Waals surface area contributed by atoms with Crippen molar-refractivity contribution in [3.63, 3.8) is 0 Å². The SMILES string of the molecule is N#CC1(NC(=O)CN2CCN(c3ccccn3)CC2)CCCCC1. The number of nitriles is 1. The highest BCUT2D eigenvalue weighted by atomic mass is 16.2. The van der Waals surface area contributed by atoms with Gasteiger partial charge in [0.1, 0.15) is 11.4 Å². The van der Waals surface area contributed by atoms with Crippen LogP contribution in [0.2, 0.25) is 0 Å². The average Bonchev–Trinajstić information content (AvgIpc) is 2.64. The van der Waals surface area contributed by atoms with Crippen LogP contribution in [0.25, 0.3) is 0 Å². The molecule has 1 aromatic rings. The highest BCUT2D eigenvalue weighted by Crippen LogP contribution is 2.27. The zero-order valence-corrected chi connectivity index (χ0v) is 14.1. The van der Waals surface area contributed by atoms with Crippen LogP contribution in [-0.4, -0.2) is 54.1 Å². The molecule has 0 spiro atoms. The van der Waals surface area contributed by atoms with Crippen molar-refractivity contribution < 1.29 is 4.79 Å².